The minimum Gasteiger partial charge on any atom is -0.367 e. The number of halogens is 4. The van der Waals surface area contributed by atoms with Gasteiger partial charge in [-0.05, 0) is 20.8 Å². The van der Waals surface area contributed by atoms with E-state index < -0.39 is 25.6 Å². The highest BCUT2D eigenvalue weighted by Crippen LogP contribution is 2.23. The van der Waals surface area contributed by atoms with E-state index >= 15 is 0 Å². The van der Waals surface area contributed by atoms with E-state index in [1.807, 2.05) is 20.8 Å². The van der Waals surface area contributed by atoms with Crippen molar-refractivity contribution < 1.29 is 26.8 Å². The molecule has 1 N–H and O–H groups in total. The Kier molecular flexibility index (Phi) is 5.46. The van der Waals surface area contributed by atoms with Crippen molar-refractivity contribution in [3.05, 3.63) is 11.7 Å². The molecule has 0 amide bonds. The third-order valence-corrected chi connectivity index (χ3v) is 2.13. The molecule has 1 aromatic heterocycles. The Hall–Kier alpha value is -1.22. The summed E-state index contributed by atoms with van der Waals surface area (Å²) in [6.07, 6.45) is -3.76. The minimum atomic E-state index is -4.18. The predicted octanol–water partition coefficient (Wildman–Crippen LogP) is 2.37. The molecule has 0 unspecified atom stereocenters. The number of rotatable bonds is 7. The molecule has 0 aliphatic rings. The van der Waals surface area contributed by atoms with E-state index in [0.717, 1.165) is 0 Å². The van der Waals surface area contributed by atoms with E-state index in [1.165, 1.54) is 0 Å². The van der Waals surface area contributed by atoms with Gasteiger partial charge in [-0.15, -0.1) is 0 Å². The Balaban J connectivity index is 2.38. The molecule has 20 heavy (non-hydrogen) atoms. The molecule has 5 nitrogen and oxygen atoms in total. The van der Waals surface area contributed by atoms with Crippen molar-refractivity contribution in [3.8, 4) is 0 Å². The summed E-state index contributed by atoms with van der Waals surface area (Å²) in [5.74, 6) is -3.89. The maximum absolute atomic E-state index is 12.6. The number of hydrogen-bond acceptors (Lipinski definition) is 5. The van der Waals surface area contributed by atoms with Gasteiger partial charge in [0.2, 0.25) is 5.89 Å². The van der Waals surface area contributed by atoms with E-state index in [2.05, 4.69) is 20.2 Å². The van der Waals surface area contributed by atoms with Crippen LogP contribution in [0.1, 0.15) is 32.5 Å². The van der Waals surface area contributed by atoms with Crippen LogP contribution in [-0.4, -0.2) is 34.6 Å². The van der Waals surface area contributed by atoms with Crippen LogP contribution in [0.4, 0.5) is 17.6 Å². The Bertz CT molecular complexity index is 418. The molecule has 1 heterocycles. The van der Waals surface area contributed by atoms with E-state index in [-0.39, 0.29) is 17.3 Å². The van der Waals surface area contributed by atoms with Gasteiger partial charge >= 0.3 is 12.3 Å². The van der Waals surface area contributed by atoms with E-state index in [0.29, 0.717) is 6.54 Å². The second kappa shape index (κ2) is 6.49. The fraction of sp³-hybridized carbons (Fsp3) is 0.818. The minimum absolute atomic E-state index is 0.0285. The lowest BCUT2D eigenvalue weighted by molar-refractivity contribution is -0.168. The van der Waals surface area contributed by atoms with Gasteiger partial charge in [-0.25, -0.2) is 8.78 Å². The van der Waals surface area contributed by atoms with Crippen molar-refractivity contribution in [2.24, 2.45) is 0 Å². The SMILES string of the molecule is CC(C)(C)NCc1nc(COCC(F)(F)C(F)F)no1. The molecule has 1 aromatic rings. The third-order valence-electron chi connectivity index (χ3n) is 2.13. The molecule has 0 saturated heterocycles. The molecule has 0 aliphatic carbocycles. The first-order chi connectivity index (χ1) is 9.10. The Morgan fingerprint density at radius 1 is 1.30 bits per heavy atom. The second-order valence-electron chi connectivity index (χ2n) is 5.26. The number of alkyl halides is 4. The summed E-state index contributed by atoms with van der Waals surface area (Å²) >= 11 is 0. The van der Waals surface area contributed by atoms with Crippen LogP contribution in [-0.2, 0) is 17.9 Å². The van der Waals surface area contributed by atoms with Gasteiger partial charge < -0.3 is 14.6 Å². The predicted molar refractivity (Wildman–Crippen MR) is 61.5 cm³/mol. The quantitative estimate of drug-likeness (QED) is 0.783. The van der Waals surface area contributed by atoms with Crippen LogP contribution in [0.15, 0.2) is 4.52 Å². The van der Waals surface area contributed by atoms with Crippen molar-refractivity contribution in [1.82, 2.24) is 15.5 Å². The zero-order valence-corrected chi connectivity index (χ0v) is 11.4. The van der Waals surface area contributed by atoms with Gasteiger partial charge in [-0.3, -0.25) is 0 Å². The molecule has 9 heteroatoms. The lowest BCUT2D eigenvalue weighted by Crippen LogP contribution is -2.35. The summed E-state index contributed by atoms with van der Waals surface area (Å²) in [6.45, 7) is 4.33. The molecule has 0 aromatic carbocycles. The zero-order chi connectivity index (χ0) is 15.4. The van der Waals surface area contributed by atoms with E-state index in [1.54, 1.807) is 0 Å². The zero-order valence-electron chi connectivity index (χ0n) is 11.4. The molecule has 116 valence electrons. The van der Waals surface area contributed by atoms with E-state index in [9.17, 15) is 17.6 Å². The fourth-order valence-electron chi connectivity index (χ4n) is 1.10. The number of nitrogens with zero attached hydrogens (tertiary/aromatic N) is 2. The molecule has 0 aliphatic heterocycles. The lowest BCUT2D eigenvalue weighted by atomic mass is 10.1. The van der Waals surface area contributed by atoms with Gasteiger partial charge in [0.15, 0.2) is 5.82 Å². The molecule has 0 saturated carbocycles. The van der Waals surface area contributed by atoms with Crippen LogP contribution in [0.25, 0.3) is 0 Å². The van der Waals surface area contributed by atoms with Crippen molar-refractivity contribution in [1.29, 1.82) is 0 Å². The number of nitrogens with one attached hydrogen (secondary N) is 1. The van der Waals surface area contributed by atoms with Gasteiger partial charge in [0.1, 0.15) is 13.2 Å². The smallest absolute Gasteiger partial charge is 0.330 e. The van der Waals surface area contributed by atoms with Crippen LogP contribution in [0.5, 0.6) is 0 Å². The summed E-state index contributed by atoms with van der Waals surface area (Å²) in [4.78, 5) is 3.88. The third kappa shape index (κ3) is 5.83. The van der Waals surface area contributed by atoms with Crippen LogP contribution >= 0.6 is 0 Å². The average molecular weight is 299 g/mol. The van der Waals surface area contributed by atoms with Crippen LogP contribution in [0.2, 0.25) is 0 Å². The summed E-state index contributed by atoms with van der Waals surface area (Å²) in [6, 6.07) is 0. The molecule has 0 radical (unpaired) electrons. The number of ether oxygens (including phenoxy) is 1. The molecule has 1 rings (SSSR count). The normalized spacial score (nSPS) is 13.2. The second-order valence-corrected chi connectivity index (χ2v) is 5.26. The first-order valence-corrected chi connectivity index (χ1v) is 5.90. The maximum Gasteiger partial charge on any atom is 0.330 e. The molecular weight excluding hydrogens is 282 g/mol. The molecule has 0 fully saturated rings. The highest BCUT2D eigenvalue weighted by atomic mass is 19.3. The Morgan fingerprint density at radius 3 is 2.50 bits per heavy atom. The van der Waals surface area contributed by atoms with Gasteiger partial charge in [-0.1, -0.05) is 5.16 Å². The topological polar surface area (TPSA) is 60.2 Å². The van der Waals surface area contributed by atoms with Crippen molar-refractivity contribution in [2.45, 2.75) is 51.8 Å². The Morgan fingerprint density at radius 2 is 1.95 bits per heavy atom. The average Bonchev–Trinajstić information content (AvgIpc) is 2.73. The van der Waals surface area contributed by atoms with Crippen molar-refractivity contribution >= 4 is 0 Å². The van der Waals surface area contributed by atoms with Gasteiger partial charge in [0, 0.05) is 5.54 Å². The summed E-state index contributed by atoms with van der Waals surface area (Å²) in [7, 11) is 0. The van der Waals surface area contributed by atoms with Crippen LogP contribution < -0.4 is 5.32 Å². The maximum atomic E-state index is 12.6. The van der Waals surface area contributed by atoms with Gasteiger partial charge in [0.25, 0.3) is 0 Å². The van der Waals surface area contributed by atoms with Crippen molar-refractivity contribution in [3.63, 3.8) is 0 Å². The van der Waals surface area contributed by atoms with Gasteiger partial charge in [0.05, 0.1) is 6.54 Å². The van der Waals surface area contributed by atoms with E-state index in [4.69, 9.17) is 4.52 Å². The van der Waals surface area contributed by atoms with Crippen LogP contribution in [0, 0.1) is 0 Å². The monoisotopic (exact) mass is 299 g/mol. The molecular formula is C11H17F4N3O2. The fourth-order valence-corrected chi connectivity index (χ4v) is 1.10. The lowest BCUT2D eigenvalue weighted by Gasteiger charge is -2.18. The first kappa shape index (κ1) is 16.8. The highest BCUT2D eigenvalue weighted by molar-refractivity contribution is 4.86. The molecule has 0 atom stereocenters. The number of aromatic nitrogens is 2. The largest absolute Gasteiger partial charge is 0.367 e. The highest BCUT2D eigenvalue weighted by Gasteiger charge is 2.41. The number of hydrogen-bond donors (Lipinski definition) is 1. The summed E-state index contributed by atoms with van der Waals surface area (Å²) < 4.78 is 58.2. The van der Waals surface area contributed by atoms with Gasteiger partial charge in [-0.2, -0.15) is 13.8 Å². The summed E-state index contributed by atoms with van der Waals surface area (Å²) in [5.41, 5.74) is -0.148. The molecule has 0 bridgehead atoms. The standard InChI is InChI=1S/C11H17F4N3O2/c1-10(2,3)16-4-8-17-7(18-20-8)5-19-6-11(14,15)9(12)13/h9,16H,4-6H2,1-3H3. The molecule has 0 spiro atoms. The first-order valence-electron chi connectivity index (χ1n) is 5.90. The summed E-state index contributed by atoms with van der Waals surface area (Å²) in [5, 5.41) is 6.59. The van der Waals surface area contributed by atoms with Crippen molar-refractivity contribution in [2.75, 3.05) is 6.61 Å². The Labute approximate surface area is 113 Å². The van der Waals surface area contributed by atoms with Crippen LogP contribution in [0.3, 0.4) is 0 Å².